The fraction of sp³-hybridized carbons (Fsp3) is 0.476. The highest BCUT2D eigenvalue weighted by molar-refractivity contribution is 5.83. The topological polar surface area (TPSA) is 32.3 Å². The second-order valence-electron chi connectivity index (χ2n) is 7.06. The lowest BCUT2D eigenvalue weighted by molar-refractivity contribution is -0.132. The number of fused-ring (bicyclic) bond motifs is 1. The first-order chi connectivity index (χ1) is 11.6. The molecule has 1 aliphatic rings. The predicted molar refractivity (Wildman–Crippen MR) is 99.9 cm³/mol. The highest BCUT2D eigenvalue weighted by atomic mass is 16.2. The molecule has 2 aromatic carbocycles. The van der Waals surface area contributed by atoms with Gasteiger partial charge in [0.05, 0.1) is 0 Å². The van der Waals surface area contributed by atoms with Crippen LogP contribution in [0.15, 0.2) is 42.5 Å². The van der Waals surface area contributed by atoms with Gasteiger partial charge in [-0.3, -0.25) is 4.79 Å². The van der Waals surface area contributed by atoms with E-state index in [0.717, 1.165) is 19.5 Å². The molecule has 0 aliphatic carbocycles. The maximum atomic E-state index is 11.9. The van der Waals surface area contributed by atoms with Gasteiger partial charge in [0.15, 0.2) is 0 Å². The molecule has 0 bridgehead atoms. The van der Waals surface area contributed by atoms with E-state index in [4.69, 9.17) is 0 Å². The molecule has 0 spiro atoms. The zero-order valence-corrected chi connectivity index (χ0v) is 15.0. The summed E-state index contributed by atoms with van der Waals surface area (Å²) < 4.78 is 0. The van der Waals surface area contributed by atoms with Crippen LogP contribution in [0.3, 0.4) is 0 Å². The van der Waals surface area contributed by atoms with E-state index in [1.165, 1.54) is 16.3 Å². The molecule has 1 amide bonds. The van der Waals surface area contributed by atoms with Gasteiger partial charge in [-0.2, -0.15) is 0 Å². The van der Waals surface area contributed by atoms with Crippen LogP contribution < -0.4 is 5.32 Å². The fourth-order valence-electron chi connectivity index (χ4n) is 3.74. The Bertz CT molecular complexity index is 712. The van der Waals surface area contributed by atoms with Crippen molar-refractivity contribution in [3.05, 3.63) is 48.0 Å². The number of benzene rings is 2. The molecule has 128 valence electrons. The molecule has 2 aromatic rings. The maximum Gasteiger partial charge on any atom is 0.222 e. The van der Waals surface area contributed by atoms with Gasteiger partial charge >= 0.3 is 0 Å². The molecule has 1 N–H and O–H groups in total. The van der Waals surface area contributed by atoms with Crippen LogP contribution in [0, 0.1) is 5.92 Å². The average Bonchev–Trinajstić information content (AvgIpc) is 2.62. The second kappa shape index (κ2) is 7.35. The number of rotatable bonds is 4. The molecule has 1 heterocycles. The van der Waals surface area contributed by atoms with Crippen molar-refractivity contribution in [2.45, 2.75) is 45.7 Å². The number of amides is 1. The lowest BCUT2D eigenvalue weighted by Crippen LogP contribution is -2.50. The van der Waals surface area contributed by atoms with Gasteiger partial charge in [0, 0.05) is 31.6 Å². The Morgan fingerprint density at radius 2 is 2.00 bits per heavy atom. The van der Waals surface area contributed by atoms with Crippen molar-refractivity contribution in [2.75, 3.05) is 13.1 Å². The maximum absolute atomic E-state index is 11.9. The van der Waals surface area contributed by atoms with Crippen LogP contribution in [0.4, 0.5) is 0 Å². The van der Waals surface area contributed by atoms with Crippen molar-refractivity contribution >= 4 is 16.7 Å². The third-order valence-corrected chi connectivity index (χ3v) is 5.30. The van der Waals surface area contributed by atoms with Crippen LogP contribution in [0.25, 0.3) is 10.8 Å². The Kier molecular flexibility index (Phi) is 5.20. The standard InChI is InChI=1S/C21H28N2O/c1-4-21(24)23-12-11-20(15(2)14-23)22-16(3)18-10-9-17-7-5-6-8-19(17)13-18/h5-10,13,15-16,20,22H,4,11-12,14H2,1-3H3/t15-,16-,20-/m0/s1. The predicted octanol–water partition coefficient (Wildman–Crippen LogP) is 4.14. The van der Waals surface area contributed by atoms with Crippen molar-refractivity contribution in [2.24, 2.45) is 5.92 Å². The largest absolute Gasteiger partial charge is 0.342 e. The Balaban J connectivity index is 1.65. The number of hydrogen-bond acceptors (Lipinski definition) is 2. The molecule has 3 atom stereocenters. The zero-order valence-electron chi connectivity index (χ0n) is 15.0. The Hall–Kier alpha value is -1.87. The molecule has 24 heavy (non-hydrogen) atoms. The van der Waals surface area contributed by atoms with E-state index in [1.54, 1.807) is 0 Å². The number of carbonyl (C=O) groups is 1. The van der Waals surface area contributed by atoms with Crippen LogP contribution in [0.5, 0.6) is 0 Å². The van der Waals surface area contributed by atoms with Gasteiger partial charge in [-0.05, 0) is 41.7 Å². The van der Waals surface area contributed by atoms with E-state index in [9.17, 15) is 4.79 Å². The van der Waals surface area contributed by atoms with Crippen LogP contribution in [-0.2, 0) is 4.79 Å². The minimum Gasteiger partial charge on any atom is -0.342 e. The Labute approximate surface area is 145 Å². The van der Waals surface area contributed by atoms with Crippen LogP contribution >= 0.6 is 0 Å². The summed E-state index contributed by atoms with van der Waals surface area (Å²) >= 11 is 0. The van der Waals surface area contributed by atoms with E-state index in [1.807, 2.05) is 11.8 Å². The smallest absolute Gasteiger partial charge is 0.222 e. The molecule has 1 aliphatic heterocycles. The first-order valence-electron chi connectivity index (χ1n) is 9.11. The molecular formula is C21H28N2O. The van der Waals surface area contributed by atoms with Gasteiger partial charge in [-0.25, -0.2) is 0 Å². The summed E-state index contributed by atoms with van der Waals surface area (Å²) in [5, 5.41) is 6.37. The molecular weight excluding hydrogens is 296 g/mol. The first kappa shape index (κ1) is 17.0. The minimum absolute atomic E-state index is 0.280. The molecule has 0 saturated carbocycles. The van der Waals surface area contributed by atoms with Gasteiger partial charge in [-0.1, -0.05) is 50.2 Å². The molecule has 1 saturated heterocycles. The quantitative estimate of drug-likeness (QED) is 0.917. The molecule has 0 radical (unpaired) electrons. The van der Waals surface area contributed by atoms with Gasteiger partial charge in [0.1, 0.15) is 0 Å². The molecule has 3 nitrogen and oxygen atoms in total. The van der Waals surface area contributed by atoms with E-state index in [-0.39, 0.29) is 5.91 Å². The summed E-state index contributed by atoms with van der Waals surface area (Å²) in [5.74, 6) is 0.764. The van der Waals surface area contributed by atoms with Gasteiger partial charge in [0.25, 0.3) is 0 Å². The third-order valence-electron chi connectivity index (χ3n) is 5.30. The summed E-state index contributed by atoms with van der Waals surface area (Å²) in [5.41, 5.74) is 1.33. The minimum atomic E-state index is 0.280. The molecule has 0 aromatic heterocycles. The van der Waals surface area contributed by atoms with Crippen LogP contribution in [0.2, 0.25) is 0 Å². The molecule has 0 unspecified atom stereocenters. The number of piperidine rings is 1. The summed E-state index contributed by atoms with van der Waals surface area (Å²) in [4.78, 5) is 13.9. The fourth-order valence-corrected chi connectivity index (χ4v) is 3.74. The number of carbonyl (C=O) groups excluding carboxylic acids is 1. The van der Waals surface area contributed by atoms with Crippen molar-refractivity contribution in [3.8, 4) is 0 Å². The lowest BCUT2D eigenvalue weighted by atomic mass is 9.92. The summed E-state index contributed by atoms with van der Waals surface area (Å²) in [7, 11) is 0. The molecule has 1 fully saturated rings. The van der Waals surface area contributed by atoms with E-state index < -0.39 is 0 Å². The Morgan fingerprint density at radius 1 is 1.25 bits per heavy atom. The van der Waals surface area contributed by atoms with Gasteiger partial charge in [0.2, 0.25) is 5.91 Å². The second-order valence-corrected chi connectivity index (χ2v) is 7.06. The zero-order chi connectivity index (χ0) is 17.1. The number of hydrogen-bond donors (Lipinski definition) is 1. The number of nitrogens with one attached hydrogen (secondary N) is 1. The molecule has 3 rings (SSSR count). The van der Waals surface area contributed by atoms with Gasteiger partial charge < -0.3 is 10.2 Å². The van der Waals surface area contributed by atoms with Crippen LogP contribution in [-0.4, -0.2) is 29.9 Å². The van der Waals surface area contributed by atoms with Crippen LogP contribution in [0.1, 0.15) is 45.2 Å². The normalized spacial score (nSPS) is 22.5. The van der Waals surface area contributed by atoms with E-state index in [2.05, 4.69) is 61.6 Å². The Morgan fingerprint density at radius 3 is 2.71 bits per heavy atom. The van der Waals surface area contributed by atoms with Crippen molar-refractivity contribution in [1.82, 2.24) is 10.2 Å². The summed E-state index contributed by atoms with van der Waals surface area (Å²) in [6.07, 6.45) is 1.64. The summed E-state index contributed by atoms with van der Waals surface area (Å²) in [6.45, 7) is 8.17. The summed E-state index contributed by atoms with van der Waals surface area (Å²) in [6, 6.07) is 16.0. The highest BCUT2D eigenvalue weighted by Gasteiger charge is 2.28. The van der Waals surface area contributed by atoms with Gasteiger partial charge in [-0.15, -0.1) is 0 Å². The first-order valence-corrected chi connectivity index (χ1v) is 9.11. The van der Waals surface area contributed by atoms with Crippen molar-refractivity contribution < 1.29 is 4.79 Å². The van der Waals surface area contributed by atoms with Crippen molar-refractivity contribution in [1.29, 1.82) is 0 Å². The highest BCUT2D eigenvalue weighted by Crippen LogP contribution is 2.24. The van der Waals surface area contributed by atoms with E-state index >= 15 is 0 Å². The number of likely N-dealkylation sites (tertiary alicyclic amines) is 1. The average molecular weight is 324 g/mol. The lowest BCUT2D eigenvalue weighted by Gasteiger charge is -2.38. The number of nitrogens with zero attached hydrogens (tertiary/aromatic N) is 1. The SMILES string of the molecule is CCC(=O)N1CC[C@H](N[C@@H](C)c2ccc3ccccc3c2)[C@@H](C)C1. The molecule has 3 heteroatoms. The third kappa shape index (κ3) is 3.62. The van der Waals surface area contributed by atoms with E-state index in [0.29, 0.717) is 24.4 Å². The monoisotopic (exact) mass is 324 g/mol. The van der Waals surface area contributed by atoms with Crippen molar-refractivity contribution in [3.63, 3.8) is 0 Å².